The first-order valence-electron chi connectivity index (χ1n) is 6.11. The predicted molar refractivity (Wildman–Crippen MR) is 66.0 cm³/mol. The van der Waals surface area contributed by atoms with Crippen molar-refractivity contribution in [2.45, 2.75) is 32.5 Å². The van der Waals surface area contributed by atoms with Crippen LogP contribution < -0.4 is 5.32 Å². The van der Waals surface area contributed by atoms with Crippen molar-refractivity contribution in [3.05, 3.63) is 0 Å². The quantitative estimate of drug-likeness (QED) is 0.718. The van der Waals surface area contributed by atoms with Crippen LogP contribution in [-0.4, -0.2) is 62.4 Å². The molecule has 5 heteroatoms. The Bertz CT molecular complexity index is 249. The van der Waals surface area contributed by atoms with Gasteiger partial charge >= 0.3 is 5.97 Å². The maximum atomic E-state index is 11.7. The summed E-state index contributed by atoms with van der Waals surface area (Å²) in [5.74, 6) is -0.164. The highest BCUT2D eigenvalue weighted by Crippen LogP contribution is 2.09. The van der Waals surface area contributed by atoms with Gasteiger partial charge in [0.15, 0.2) is 0 Å². The summed E-state index contributed by atoms with van der Waals surface area (Å²) in [5, 5.41) is 3.08. The fraction of sp³-hybridized carbons (Fsp3) is 0.917. The molecule has 0 aromatic carbocycles. The van der Waals surface area contributed by atoms with E-state index in [1.54, 1.807) is 0 Å². The Hall–Kier alpha value is -0.650. The maximum absolute atomic E-state index is 11.7. The van der Waals surface area contributed by atoms with Gasteiger partial charge in [0.1, 0.15) is 5.60 Å². The fourth-order valence-electron chi connectivity index (χ4n) is 1.83. The lowest BCUT2D eigenvalue weighted by atomic mass is 10.2. The van der Waals surface area contributed by atoms with E-state index in [0.717, 1.165) is 19.6 Å². The number of carbonyl (C=O) groups is 1. The standard InChI is InChI=1S/C12H24N2O3/c1-12(2,3)17-11(15)9-14-5-6-16-10(8-14)7-13-4/h10,13H,5-9H2,1-4H3. The first kappa shape index (κ1) is 14.4. The van der Waals surface area contributed by atoms with Crippen LogP contribution in [0.2, 0.25) is 0 Å². The zero-order valence-corrected chi connectivity index (χ0v) is 11.3. The van der Waals surface area contributed by atoms with Crippen molar-refractivity contribution in [1.82, 2.24) is 10.2 Å². The van der Waals surface area contributed by atoms with E-state index in [2.05, 4.69) is 10.2 Å². The molecule has 0 spiro atoms. The largest absolute Gasteiger partial charge is 0.459 e. The van der Waals surface area contributed by atoms with Crippen LogP contribution in [0.1, 0.15) is 20.8 Å². The number of ether oxygens (including phenoxy) is 2. The molecule has 5 nitrogen and oxygen atoms in total. The zero-order chi connectivity index (χ0) is 12.9. The molecule has 0 radical (unpaired) electrons. The predicted octanol–water partition coefficient (Wildman–Crippen LogP) is 0.248. The lowest BCUT2D eigenvalue weighted by Gasteiger charge is -2.32. The fourth-order valence-corrected chi connectivity index (χ4v) is 1.83. The molecule has 100 valence electrons. The first-order chi connectivity index (χ1) is 7.90. The summed E-state index contributed by atoms with van der Waals surface area (Å²) in [5.41, 5.74) is -0.409. The molecule has 1 heterocycles. The van der Waals surface area contributed by atoms with Gasteiger partial charge in [0.05, 0.1) is 19.3 Å². The summed E-state index contributed by atoms with van der Waals surface area (Å²) in [7, 11) is 1.90. The number of morpholine rings is 1. The number of likely N-dealkylation sites (N-methyl/N-ethyl adjacent to an activating group) is 1. The Morgan fingerprint density at radius 1 is 1.53 bits per heavy atom. The van der Waals surface area contributed by atoms with E-state index in [0.29, 0.717) is 13.2 Å². The van der Waals surface area contributed by atoms with E-state index in [9.17, 15) is 4.79 Å². The average Bonchev–Trinajstić information content (AvgIpc) is 2.15. The summed E-state index contributed by atoms with van der Waals surface area (Å²) in [6.07, 6.45) is 0.163. The third-order valence-corrected chi connectivity index (χ3v) is 2.43. The van der Waals surface area contributed by atoms with Gasteiger partial charge in [-0.15, -0.1) is 0 Å². The van der Waals surface area contributed by atoms with E-state index in [-0.39, 0.29) is 12.1 Å². The third kappa shape index (κ3) is 6.00. The second kappa shape index (κ2) is 6.33. The van der Waals surface area contributed by atoms with Crippen molar-refractivity contribution >= 4 is 5.97 Å². The van der Waals surface area contributed by atoms with E-state index >= 15 is 0 Å². The van der Waals surface area contributed by atoms with Crippen LogP contribution in [0.3, 0.4) is 0 Å². The highest BCUT2D eigenvalue weighted by molar-refractivity contribution is 5.72. The molecular formula is C12H24N2O3. The molecule has 0 aliphatic carbocycles. The zero-order valence-electron chi connectivity index (χ0n) is 11.3. The van der Waals surface area contributed by atoms with Gasteiger partial charge in [0.2, 0.25) is 0 Å². The second-order valence-corrected chi connectivity index (χ2v) is 5.37. The van der Waals surface area contributed by atoms with Crippen LogP contribution in [0.5, 0.6) is 0 Å². The van der Waals surface area contributed by atoms with Crippen LogP contribution in [0.4, 0.5) is 0 Å². The Morgan fingerprint density at radius 2 is 2.24 bits per heavy atom. The van der Waals surface area contributed by atoms with Gasteiger partial charge in [-0.2, -0.15) is 0 Å². The highest BCUT2D eigenvalue weighted by Gasteiger charge is 2.24. The van der Waals surface area contributed by atoms with Crippen molar-refractivity contribution in [3.63, 3.8) is 0 Å². The van der Waals surface area contributed by atoms with Crippen molar-refractivity contribution in [2.24, 2.45) is 0 Å². The number of nitrogens with zero attached hydrogens (tertiary/aromatic N) is 1. The topological polar surface area (TPSA) is 50.8 Å². The lowest BCUT2D eigenvalue weighted by molar-refractivity contribution is -0.157. The molecule has 1 N–H and O–H groups in total. The van der Waals surface area contributed by atoms with E-state index in [1.807, 2.05) is 27.8 Å². The number of rotatable bonds is 4. The Balaban J connectivity index is 2.33. The highest BCUT2D eigenvalue weighted by atomic mass is 16.6. The van der Waals surface area contributed by atoms with Gasteiger partial charge in [-0.25, -0.2) is 0 Å². The number of nitrogens with one attached hydrogen (secondary N) is 1. The second-order valence-electron chi connectivity index (χ2n) is 5.37. The third-order valence-electron chi connectivity index (χ3n) is 2.43. The van der Waals surface area contributed by atoms with Crippen LogP contribution in [-0.2, 0) is 14.3 Å². The van der Waals surface area contributed by atoms with Crippen molar-refractivity contribution < 1.29 is 14.3 Å². The molecule has 1 fully saturated rings. The van der Waals surface area contributed by atoms with Crippen molar-refractivity contribution in [3.8, 4) is 0 Å². The number of hydrogen-bond acceptors (Lipinski definition) is 5. The van der Waals surface area contributed by atoms with Gasteiger partial charge in [-0.1, -0.05) is 0 Å². The molecule has 1 unspecified atom stereocenters. The monoisotopic (exact) mass is 244 g/mol. The molecule has 1 aliphatic heterocycles. The number of hydrogen-bond donors (Lipinski definition) is 1. The molecule has 0 saturated carbocycles. The number of esters is 1. The smallest absolute Gasteiger partial charge is 0.320 e. The molecule has 1 atom stereocenters. The van der Waals surface area contributed by atoms with Crippen LogP contribution in [0.15, 0.2) is 0 Å². The van der Waals surface area contributed by atoms with E-state index in [1.165, 1.54) is 0 Å². The molecule has 1 aliphatic rings. The minimum Gasteiger partial charge on any atom is -0.459 e. The maximum Gasteiger partial charge on any atom is 0.320 e. The van der Waals surface area contributed by atoms with Crippen molar-refractivity contribution in [1.29, 1.82) is 0 Å². The van der Waals surface area contributed by atoms with E-state index < -0.39 is 5.60 Å². The Morgan fingerprint density at radius 3 is 2.82 bits per heavy atom. The first-order valence-corrected chi connectivity index (χ1v) is 6.11. The van der Waals surface area contributed by atoms with Gasteiger partial charge in [-0.05, 0) is 27.8 Å². The normalized spacial score (nSPS) is 22.5. The van der Waals surface area contributed by atoms with Crippen LogP contribution in [0, 0.1) is 0 Å². The van der Waals surface area contributed by atoms with Gasteiger partial charge in [0, 0.05) is 19.6 Å². The average molecular weight is 244 g/mol. The Labute approximate surface area is 103 Å². The van der Waals surface area contributed by atoms with Crippen LogP contribution in [0.25, 0.3) is 0 Å². The molecule has 0 aromatic rings. The molecule has 0 aromatic heterocycles. The molecular weight excluding hydrogens is 220 g/mol. The SMILES string of the molecule is CNCC1CN(CC(=O)OC(C)(C)C)CCO1. The summed E-state index contributed by atoms with van der Waals surface area (Å²) >= 11 is 0. The van der Waals surface area contributed by atoms with E-state index in [4.69, 9.17) is 9.47 Å². The minimum atomic E-state index is -0.409. The molecule has 0 amide bonds. The van der Waals surface area contributed by atoms with Crippen molar-refractivity contribution in [2.75, 3.05) is 39.8 Å². The molecule has 1 rings (SSSR count). The number of carbonyl (C=O) groups excluding carboxylic acids is 1. The summed E-state index contributed by atoms with van der Waals surface area (Å²) in [6.45, 7) is 9.05. The minimum absolute atomic E-state index is 0.163. The van der Waals surface area contributed by atoms with Gasteiger partial charge < -0.3 is 14.8 Å². The summed E-state index contributed by atoms with van der Waals surface area (Å²) < 4.78 is 10.9. The van der Waals surface area contributed by atoms with Crippen LogP contribution >= 0.6 is 0 Å². The van der Waals surface area contributed by atoms with Gasteiger partial charge in [-0.3, -0.25) is 9.69 Å². The van der Waals surface area contributed by atoms with Gasteiger partial charge in [0.25, 0.3) is 0 Å². The summed E-state index contributed by atoms with van der Waals surface area (Å²) in [6, 6.07) is 0. The Kier molecular flexibility index (Phi) is 5.36. The molecule has 1 saturated heterocycles. The molecule has 17 heavy (non-hydrogen) atoms. The molecule has 0 bridgehead atoms. The lowest BCUT2D eigenvalue weighted by Crippen LogP contribution is -2.48. The summed E-state index contributed by atoms with van der Waals surface area (Å²) in [4.78, 5) is 13.8.